The average Bonchev–Trinajstić information content (AvgIpc) is 2.41. The molecule has 1 aromatic carbocycles. The Bertz CT molecular complexity index is 388. The summed E-state index contributed by atoms with van der Waals surface area (Å²) in [6.07, 6.45) is 1.18. The van der Waals surface area contributed by atoms with E-state index in [4.69, 9.17) is 0 Å². The van der Waals surface area contributed by atoms with E-state index < -0.39 is 0 Å². The van der Waals surface area contributed by atoms with E-state index in [2.05, 4.69) is 31.0 Å². The van der Waals surface area contributed by atoms with E-state index >= 15 is 0 Å². The molecule has 1 heterocycles. The van der Waals surface area contributed by atoms with Gasteiger partial charge in [-0.2, -0.15) is 0 Å². The SMILES string of the molecule is CCC1CNC(C(C)C)CN1Cc1ccc(O)cc1. The first-order chi connectivity index (χ1) is 9.10. The first kappa shape index (κ1) is 14.4. The van der Waals surface area contributed by atoms with E-state index in [1.807, 2.05) is 12.1 Å². The van der Waals surface area contributed by atoms with Crippen molar-refractivity contribution in [3.63, 3.8) is 0 Å². The fourth-order valence-corrected chi connectivity index (χ4v) is 2.76. The number of hydrogen-bond acceptors (Lipinski definition) is 3. The van der Waals surface area contributed by atoms with Gasteiger partial charge in [-0.3, -0.25) is 4.90 Å². The third kappa shape index (κ3) is 3.71. The lowest BCUT2D eigenvalue weighted by Crippen LogP contribution is -2.57. The van der Waals surface area contributed by atoms with Crippen molar-refractivity contribution in [1.82, 2.24) is 10.2 Å². The summed E-state index contributed by atoms with van der Waals surface area (Å²) >= 11 is 0. The first-order valence-corrected chi connectivity index (χ1v) is 7.35. The summed E-state index contributed by atoms with van der Waals surface area (Å²) in [5.74, 6) is 1.01. The van der Waals surface area contributed by atoms with Gasteiger partial charge in [0, 0.05) is 31.7 Å². The molecule has 0 saturated carbocycles. The molecular weight excluding hydrogens is 236 g/mol. The Labute approximate surface area is 116 Å². The van der Waals surface area contributed by atoms with Gasteiger partial charge in [0.05, 0.1) is 0 Å². The number of hydrogen-bond donors (Lipinski definition) is 2. The molecule has 0 aromatic heterocycles. The smallest absolute Gasteiger partial charge is 0.115 e. The van der Waals surface area contributed by atoms with Gasteiger partial charge in [0.15, 0.2) is 0 Å². The molecular formula is C16H26N2O. The van der Waals surface area contributed by atoms with E-state index in [9.17, 15) is 5.11 Å². The molecule has 1 aliphatic heterocycles. The maximum Gasteiger partial charge on any atom is 0.115 e. The summed E-state index contributed by atoms with van der Waals surface area (Å²) < 4.78 is 0. The summed E-state index contributed by atoms with van der Waals surface area (Å²) in [4.78, 5) is 2.58. The van der Waals surface area contributed by atoms with Crippen LogP contribution in [-0.2, 0) is 6.54 Å². The number of benzene rings is 1. The maximum atomic E-state index is 9.35. The van der Waals surface area contributed by atoms with Crippen LogP contribution >= 0.6 is 0 Å². The number of aromatic hydroxyl groups is 1. The monoisotopic (exact) mass is 262 g/mol. The van der Waals surface area contributed by atoms with Gasteiger partial charge in [-0.15, -0.1) is 0 Å². The molecule has 106 valence electrons. The molecule has 2 rings (SSSR count). The van der Waals surface area contributed by atoms with Crippen molar-refractivity contribution in [3.05, 3.63) is 29.8 Å². The van der Waals surface area contributed by atoms with Gasteiger partial charge in [0.2, 0.25) is 0 Å². The van der Waals surface area contributed by atoms with E-state index in [0.29, 0.717) is 23.8 Å². The van der Waals surface area contributed by atoms with Gasteiger partial charge in [-0.25, -0.2) is 0 Å². The molecule has 0 radical (unpaired) electrons. The van der Waals surface area contributed by atoms with Crippen molar-refractivity contribution < 1.29 is 5.11 Å². The van der Waals surface area contributed by atoms with Crippen molar-refractivity contribution in [2.45, 2.75) is 45.8 Å². The highest BCUT2D eigenvalue weighted by atomic mass is 16.3. The molecule has 3 nitrogen and oxygen atoms in total. The molecule has 1 aromatic rings. The van der Waals surface area contributed by atoms with E-state index in [1.54, 1.807) is 12.1 Å². The second-order valence-corrected chi connectivity index (χ2v) is 5.92. The molecule has 1 aliphatic rings. The molecule has 0 amide bonds. The zero-order chi connectivity index (χ0) is 13.8. The van der Waals surface area contributed by atoms with Gasteiger partial charge in [0.25, 0.3) is 0 Å². The number of nitrogens with one attached hydrogen (secondary N) is 1. The Kier molecular flexibility index (Phi) is 4.83. The van der Waals surface area contributed by atoms with Crippen molar-refractivity contribution >= 4 is 0 Å². The highest BCUT2D eigenvalue weighted by Crippen LogP contribution is 2.19. The Morgan fingerprint density at radius 1 is 1.32 bits per heavy atom. The molecule has 2 atom stereocenters. The van der Waals surface area contributed by atoms with Gasteiger partial charge in [0.1, 0.15) is 5.75 Å². The third-order valence-electron chi connectivity index (χ3n) is 4.16. The molecule has 1 fully saturated rings. The number of rotatable bonds is 4. The predicted molar refractivity (Wildman–Crippen MR) is 79.2 cm³/mol. The Hall–Kier alpha value is -1.06. The zero-order valence-electron chi connectivity index (χ0n) is 12.3. The van der Waals surface area contributed by atoms with E-state index in [1.165, 1.54) is 12.0 Å². The number of phenolic OH excluding ortho intramolecular Hbond substituents is 1. The third-order valence-corrected chi connectivity index (χ3v) is 4.16. The summed E-state index contributed by atoms with van der Waals surface area (Å²) in [5.41, 5.74) is 1.28. The van der Waals surface area contributed by atoms with E-state index in [0.717, 1.165) is 19.6 Å². The highest BCUT2D eigenvalue weighted by molar-refractivity contribution is 5.25. The minimum absolute atomic E-state index is 0.344. The Morgan fingerprint density at radius 3 is 2.58 bits per heavy atom. The predicted octanol–water partition coefficient (Wildman–Crippen LogP) is 2.60. The lowest BCUT2D eigenvalue weighted by atomic mass is 9.98. The molecule has 0 spiro atoms. The van der Waals surface area contributed by atoms with Crippen molar-refractivity contribution in [3.8, 4) is 5.75 Å². The Balaban J connectivity index is 2.03. The summed E-state index contributed by atoms with van der Waals surface area (Å²) in [6, 6.07) is 8.79. The second kappa shape index (κ2) is 6.40. The fraction of sp³-hybridized carbons (Fsp3) is 0.625. The standard InChI is InChI=1S/C16H26N2O/c1-4-14-9-17-16(12(2)3)11-18(14)10-13-5-7-15(19)8-6-13/h5-8,12,14,16-17,19H,4,9-11H2,1-3H3. The van der Waals surface area contributed by atoms with Crippen molar-refractivity contribution in [2.24, 2.45) is 5.92 Å². The molecule has 2 unspecified atom stereocenters. The van der Waals surface area contributed by atoms with Crippen LogP contribution in [0.25, 0.3) is 0 Å². The molecule has 0 aliphatic carbocycles. The van der Waals surface area contributed by atoms with Crippen LogP contribution in [0.15, 0.2) is 24.3 Å². The minimum Gasteiger partial charge on any atom is -0.508 e. The average molecular weight is 262 g/mol. The summed E-state index contributed by atoms with van der Waals surface area (Å²) in [7, 11) is 0. The molecule has 0 bridgehead atoms. The molecule has 2 N–H and O–H groups in total. The van der Waals surface area contributed by atoms with Gasteiger partial charge in [-0.05, 0) is 30.0 Å². The van der Waals surface area contributed by atoms with Crippen LogP contribution in [0.2, 0.25) is 0 Å². The molecule has 1 saturated heterocycles. The van der Waals surface area contributed by atoms with Gasteiger partial charge < -0.3 is 10.4 Å². The van der Waals surface area contributed by atoms with Crippen LogP contribution in [0.4, 0.5) is 0 Å². The van der Waals surface area contributed by atoms with Crippen molar-refractivity contribution in [2.75, 3.05) is 13.1 Å². The second-order valence-electron chi connectivity index (χ2n) is 5.92. The van der Waals surface area contributed by atoms with Crippen LogP contribution in [0, 0.1) is 5.92 Å². The van der Waals surface area contributed by atoms with E-state index in [-0.39, 0.29) is 0 Å². The van der Waals surface area contributed by atoms with Crippen LogP contribution < -0.4 is 5.32 Å². The molecule has 3 heteroatoms. The summed E-state index contributed by atoms with van der Waals surface area (Å²) in [6.45, 7) is 9.98. The summed E-state index contributed by atoms with van der Waals surface area (Å²) in [5, 5.41) is 13.0. The maximum absolute atomic E-state index is 9.35. The molecule has 19 heavy (non-hydrogen) atoms. The van der Waals surface area contributed by atoms with Gasteiger partial charge >= 0.3 is 0 Å². The lowest BCUT2D eigenvalue weighted by molar-refractivity contribution is 0.103. The Morgan fingerprint density at radius 2 is 2.00 bits per heavy atom. The minimum atomic E-state index is 0.344. The number of piperazine rings is 1. The van der Waals surface area contributed by atoms with Crippen molar-refractivity contribution in [1.29, 1.82) is 0 Å². The van der Waals surface area contributed by atoms with Crippen LogP contribution in [0.1, 0.15) is 32.8 Å². The zero-order valence-corrected chi connectivity index (χ0v) is 12.3. The quantitative estimate of drug-likeness (QED) is 0.875. The number of nitrogens with zero attached hydrogens (tertiary/aromatic N) is 1. The lowest BCUT2D eigenvalue weighted by Gasteiger charge is -2.41. The fourth-order valence-electron chi connectivity index (χ4n) is 2.76. The van der Waals surface area contributed by atoms with Crippen LogP contribution in [0.3, 0.4) is 0 Å². The normalized spacial score (nSPS) is 24.8. The highest BCUT2D eigenvalue weighted by Gasteiger charge is 2.28. The van der Waals surface area contributed by atoms with Gasteiger partial charge in [-0.1, -0.05) is 32.9 Å². The largest absolute Gasteiger partial charge is 0.508 e. The van der Waals surface area contributed by atoms with Crippen LogP contribution in [-0.4, -0.2) is 35.2 Å². The van der Waals surface area contributed by atoms with Crippen LogP contribution in [0.5, 0.6) is 5.75 Å². The topological polar surface area (TPSA) is 35.5 Å². The number of phenols is 1. The first-order valence-electron chi connectivity index (χ1n) is 7.35.